The second-order valence-electron chi connectivity index (χ2n) is 25.4. The van der Waals surface area contributed by atoms with Crippen LogP contribution in [0.2, 0.25) is 0 Å². The highest BCUT2D eigenvalue weighted by Crippen LogP contribution is 2.21. The van der Waals surface area contributed by atoms with E-state index in [9.17, 15) is 43.2 Å². The average Bonchev–Trinajstić information content (AvgIpc) is 1.93. The van der Waals surface area contributed by atoms with Crippen molar-refractivity contribution in [3.8, 4) is 0 Å². The molecule has 0 aliphatic rings. The van der Waals surface area contributed by atoms with E-state index >= 15 is 4.79 Å². The molecule has 0 aliphatic carbocycles. The van der Waals surface area contributed by atoms with Gasteiger partial charge in [0.2, 0.25) is 29.5 Å². The molecule has 0 bridgehead atoms. The van der Waals surface area contributed by atoms with Gasteiger partial charge in [-0.2, -0.15) is 0 Å². The fourth-order valence-corrected chi connectivity index (χ4v) is 8.04. The van der Waals surface area contributed by atoms with E-state index in [1.807, 2.05) is 48.5 Å². The lowest BCUT2D eigenvalue weighted by atomic mass is 10.0. The SMILES string of the molecule is CC(C)(C)OC(=O)NCCN(CCNC(=O)OC(C)(C)C)C(=O)CNC(=O)[C@H](CCC(=O)N(CC(=O)N(CCNC(=O)OC(C)(C)C)CCNC(=O)OC(C)(C)C)[C@@H](CCc1ccccc1)C(=O)Nc1cnc2ccccc2c1)NC(=O)OC(C)(C)C. The van der Waals surface area contributed by atoms with Crippen molar-refractivity contribution in [3.05, 3.63) is 72.4 Å². The number of alkyl carbamates (subject to hydrolysis) is 5. The molecule has 2 aromatic carbocycles. The van der Waals surface area contributed by atoms with E-state index in [1.54, 1.807) is 116 Å². The maximum absolute atomic E-state index is 15.2. The van der Waals surface area contributed by atoms with E-state index in [2.05, 4.69) is 42.2 Å². The molecule has 1 heterocycles. The van der Waals surface area contributed by atoms with Gasteiger partial charge in [-0.3, -0.25) is 29.0 Å². The molecule has 0 saturated heterocycles. The monoisotopic (exact) mass is 1220 g/mol. The van der Waals surface area contributed by atoms with Crippen molar-refractivity contribution >= 4 is 76.6 Å². The lowest BCUT2D eigenvalue weighted by Crippen LogP contribution is -2.54. The molecule has 10 amide bonds. The molecule has 26 nitrogen and oxygen atoms in total. The van der Waals surface area contributed by atoms with E-state index in [1.165, 1.54) is 16.0 Å². The van der Waals surface area contributed by atoms with Gasteiger partial charge in [-0.1, -0.05) is 48.5 Å². The summed E-state index contributed by atoms with van der Waals surface area (Å²) in [5.74, 6) is -3.81. The lowest BCUT2D eigenvalue weighted by molar-refractivity contribution is -0.145. The van der Waals surface area contributed by atoms with E-state index in [4.69, 9.17) is 23.7 Å². The highest BCUT2D eigenvalue weighted by molar-refractivity contribution is 5.99. The first-order valence-electron chi connectivity index (χ1n) is 29.0. The van der Waals surface area contributed by atoms with E-state index < -0.39 is 126 Å². The summed E-state index contributed by atoms with van der Waals surface area (Å²) in [6.45, 7) is 22.7. The number of carbonyl (C=O) groups excluding carboxylic acids is 10. The standard InChI is InChI=1S/C61H93N11O15/c1-57(2,3)83-52(78)62-29-33-70(34-30-63-53(79)84-58(4,5)6)48(74)39-67-50(76)45(69-56(82)87-61(13,14)15)26-28-47(73)72(40-49(75)71(35-31-64-54(80)85-59(7,8)9)36-32-65-55(81)86-60(10,11)12)46(27-25-41-21-17-16-18-22-41)51(77)68-43-37-42-23-19-20-24-44(42)66-38-43/h16-24,37-38,45-46H,25-36,39-40H2,1-15H3,(H,62,78)(H,63,79)(H,64,80)(H,65,81)(H,67,76)(H,68,77)(H,69,82)/t45-,46-/m0/s1. The van der Waals surface area contributed by atoms with Gasteiger partial charge < -0.3 is 75.6 Å². The number of ether oxygens (including phenoxy) is 5. The van der Waals surface area contributed by atoms with Crippen LogP contribution < -0.4 is 37.2 Å². The van der Waals surface area contributed by atoms with Crippen molar-refractivity contribution in [1.82, 2.24) is 51.6 Å². The molecular formula is C61H93N11O15. The summed E-state index contributed by atoms with van der Waals surface area (Å²) in [6.07, 6.45) is -3.44. The number of aromatic nitrogens is 1. The fraction of sp³-hybridized carbons (Fsp3) is 0.590. The van der Waals surface area contributed by atoms with Gasteiger partial charge in [-0.25, -0.2) is 24.0 Å². The van der Waals surface area contributed by atoms with Gasteiger partial charge in [-0.15, -0.1) is 0 Å². The minimum Gasteiger partial charge on any atom is -0.444 e. The van der Waals surface area contributed by atoms with Gasteiger partial charge in [0.25, 0.3) is 0 Å². The van der Waals surface area contributed by atoms with Crippen molar-refractivity contribution < 1.29 is 71.6 Å². The number of hydrogen-bond donors (Lipinski definition) is 7. The molecule has 1 aromatic heterocycles. The quantitative estimate of drug-likeness (QED) is 0.0398. The van der Waals surface area contributed by atoms with Crippen LogP contribution in [0.15, 0.2) is 66.9 Å². The van der Waals surface area contributed by atoms with Crippen molar-refractivity contribution in [2.75, 3.05) is 70.8 Å². The third-order valence-electron chi connectivity index (χ3n) is 11.7. The van der Waals surface area contributed by atoms with Crippen molar-refractivity contribution in [2.45, 2.75) is 170 Å². The zero-order valence-electron chi connectivity index (χ0n) is 53.3. The van der Waals surface area contributed by atoms with Gasteiger partial charge in [0.15, 0.2) is 0 Å². The number of pyridine rings is 1. The van der Waals surface area contributed by atoms with Gasteiger partial charge >= 0.3 is 30.5 Å². The number of rotatable bonds is 27. The number of nitrogens with one attached hydrogen (secondary N) is 7. The Morgan fingerprint density at radius 1 is 0.483 bits per heavy atom. The van der Waals surface area contributed by atoms with E-state index in [-0.39, 0.29) is 70.9 Å². The topological polar surface area (TPSA) is 324 Å². The van der Waals surface area contributed by atoms with Gasteiger partial charge in [-0.05, 0) is 141 Å². The molecule has 0 saturated carbocycles. The van der Waals surface area contributed by atoms with Gasteiger partial charge in [0, 0.05) is 64.2 Å². The summed E-state index contributed by atoms with van der Waals surface area (Å²) in [5, 5.41) is 19.0. The highest BCUT2D eigenvalue weighted by Gasteiger charge is 2.35. The fourth-order valence-electron chi connectivity index (χ4n) is 8.04. The first-order chi connectivity index (χ1) is 40.3. The van der Waals surface area contributed by atoms with E-state index in [0.29, 0.717) is 10.9 Å². The van der Waals surface area contributed by atoms with E-state index in [0.717, 1.165) is 10.5 Å². The summed E-state index contributed by atoms with van der Waals surface area (Å²) in [6, 6.07) is 15.1. The third-order valence-corrected chi connectivity index (χ3v) is 11.7. The van der Waals surface area contributed by atoms with Crippen LogP contribution in [-0.4, -0.2) is 185 Å². The molecular weight excluding hydrogens is 1130 g/mol. The summed E-state index contributed by atoms with van der Waals surface area (Å²) in [5.41, 5.74) is -2.62. The zero-order valence-corrected chi connectivity index (χ0v) is 53.3. The largest absolute Gasteiger partial charge is 0.444 e. The number of fused-ring (bicyclic) bond motifs is 1. The number of aryl methyl sites for hydroxylation is 1. The number of nitrogens with zero attached hydrogens (tertiary/aromatic N) is 4. The van der Waals surface area contributed by atoms with Crippen LogP contribution in [0.25, 0.3) is 10.9 Å². The second-order valence-corrected chi connectivity index (χ2v) is 25.4. The average molecular weight is 1220 g/mol. The molecule has 0 aliphatic heterocycles. The highest BCUT2D eigenvalue weighted by atomic mass is 16.6. The maximum Gasteiger partial charge on any atom is 0.408 e. The lowest BCUT2D eigenvalue weighted by Gasteiger charge is -2.33. The molecule has 7 N–H and O–H groups in total. The predicted octanol–water partition coefficient (Wildman–Crippen LogP) is 6.55. The molecule has 0 fully saturated rings. The Bertz CT molecular complexity index is 2730. The van der Waals surface area contributed by atoms with Crippen molar-refractivity contribution in [3.63, 3.8) is 0 Å². The molecule has 0 radical (unpaired) electrons. The maximum atomic E-state index is 15.2. The Kier molecular flexibility index (Phi) is 28.0. The number of benzene rings is 2. The van der Waals surface area contributed by atoms with Crippen LogP contribution >= 0.6 is 0 Å². The first-order valence-corrected chi connectivity index (χ1v) is 29.0. The Morgan fingerprint density at radius 2 is 0.908 bits per heavy atom. The summed E-state index contributed by atoms with van der Waals surface area (Å²) in [4.78, 5) is 145. The van der Waals surface area contributed by atoms with Gasteiger partial charge in [0.1, 0.15) is 46.6 Å². The number of carbonyl (C=O) groups is 10. The predicted molar refractivity (Wildman–Crippen MR) is 326 cm³/mol. The Labute approximate surface area is 510 Å². The van der Waals surface area contributed by atoms with Crippen LogP contribution in [-0.2, 0) is 54.1 Å². The number of amides is 10. The molecule has 3 aromatic rings. The summed E-state index contributed by atoms with van der Waals surface area (Å²) in [7, 11) is 0. The normalized spacial score (nSPS) is 12.4. The number of anilines is 1. The summed E-state index contributed by atoms with van der Waals surface area (Å²) >= 11 is 0. The van der Waals surface area contributed by atoms with Crippen LogP contribution in [0, 0.1) is 0 Å². The van der Waals surface area contributed by atoms with Crippen LogP contribution in [0.4, 0.5) is 29.7 Å². The third kappa shape index (κ3) is 31.0. The Hall–Kier alpha value is -8.45. The minimum atomic E-state index is -1.57. The molecule has 482 valence electrons. The van der Waals surface area contributed by atoms with Crippen molar-refractivity contribution in [2.24, 2.45) is 0 Å². The molecule has 0 unspecified atom stereocenters. The zero-order chi connectivity index (χ0) is 65.3. The van der Waals surface area contributed by atoms with Crippen LogP contribution in [0.3, 0.4) is 0 Å². The minimum absolute atomic E-state index is 0.0322. The Morgan fingerprint density at radius 3 is 1.37 bits per heavy atom. The van der Waals surface area contributed by atoms with Gasteiger partial charge in [0.05, 0.1) is 23.9 Å². The molecule has 87 heavy (non-hydrogen) atoms. The van der Waals surface area contributed by atoms with Crippen molar-refractivity contribution in [1.29, 1.82) is 0 Å². The first kappa shape index (κ1) is 72.8. The van der Waals surface area contributed by atoms with Crippen LogP contribution in [0.1, 0.15) is 129 Å². The molecule has 0 spiro atoms. The number of para-hydroxylation sites is 1. The number of hydrogen-bond acceptors (Lipinski definition) is 16. The second kappa shape index (κ2) is 33.5. The smallest absolute Gasteiger partial charge is 0.408 e. The molecule has 2 atom stereocenters. The molecule has 3 rings (SSSR count). The van der Waals surface area contributed by atoms with Crippen LogP contribution in [0.5, 0.6) is 0 Å². The molecule has 26 heteroatoms. The Balaban J connectivity index is 2.09. The summed E-state index contributed by atoms with van der Waals surface area (Å²) < 4.78 is 26.9.